The minimum Gasteiger partial charge on any atom is -0.443 e. The highest BCUT2D eigenvalue weighted by Crippen LogP contribution is 2.69. The van der Waals surface area contributed by atoms with Gasteiger partial charge < -0.3 is 9.47 Å². The molecular weight excluding hydrogens is 442 g/mol. The lowest BCUT2D eigenvalue weighted by Crippen LogP contribution is -2.57. The second-order valence-electron chi connectivity index (χ2n) is 7.45. The van der Waals surface area contributed by atoms with Crippen LogP contribution in [0.5, 0.6) is 0 Å². The van der Waals surface area contributed by atoms with Crippen molar-refractivity contribution in [1.82, 2.24) is 0 Å². The van der Waals surface area contributed by atoms with Gasteiger partial charge in [-0.2, -0.15) is 15.8 Å². The zero-order chi connectivity index (χ0) is 22.6. The summed E-state index contributed by atoms with van der Waals surface area (Å²) in [5.41, 5.74) is -3.61. The summed E-state index contributed by atoms with van der Waals surface area (Å²) < 4.78 is 26.4. The molecule has 31 heavy (non-hydrogen) atoms. The first kappa shape index (κ1) is 21.1. The minimum absolute atomic E-state index is 0.119. The number of halogens is 3. The molecule has 6 nitrogen and oxygen atoms in total. The SMILES string of the molecule is CC1C2(c3ccc(Cl)cc3)OC(=N)C1(C#N)C(C#N)(C#N)C(c1ccc(Cl)c(F)c1)O2. The van der Waals surface area contributed by atoms with Crippen LogP contribution in [0.2, 0.25) is 10.0 Å². The van der Waals surface area contributed by atoms with Gasteiger partial charge >= 0.3 is 0 Å². The molecule has 2 aliphatic rings. The van der Waals surface area contributed by atoms with Gasteiger partial charge in [-0.1, -0.05) is 48.3 Å². The topological polar surface area (TPSA) is 114 Å². The summed E-state index contributed by atoms with van der Waals surface area (Å²) in [6.45, 7) is 1.58. The highest BCUT2D eigenvalue weighted by molar-refractivity contribution is 6.30. The minimum atomic E-state index is -2.19. The number of fused-ring (bicyclic) bond motifs is 2. The molecule has 4 rings (SSSR count). The summed E-state index contributed by atoms with van der Waals surface area (Å²) in [5.74, 6) is -3.93. The molecule has 2 bridgehead atoms. The van der Waals surface area contributed by atoms with E-state index in [1.165, 1.54) is 12.1 Å². The molecule has 2 aromatic rings. The Bertz CT molecular complexity index is 1220. The van der Waals surface area contributed by atoms with Gasteiger partial charge in [-0.15, -0.1) is 0 Å². The lowest BCUT2D eigenvalue weighted by Gasteiger charge is -2.48. The molecule has 0 saturated carbocycles. The molecule has 2 heterocycles. The number of hydrogen-bond donors (Lipinski definition) is 1. The Kier molecular flexibility index (Phi) is 4.72. The maximum atomic E-state index is 14.3. The van der Waals surface area contributed by atoms with Crippen LogP contribution < -0.4 is 0 Å². The molecule has 9 heteroatoms. The third-order valence-corrected chi connectivity index (χ3v) is 6.72. The van der Waals surface area contributed by atoms with Crippen molar-refractivity contribution in [3.8, 4) is 18.2 Å². The molecule has 154 valence electrons. The van der Waals surface area contributed by atoms with E-state index in [0.29, 0.717) is 10.6 Å². The van der Waals surface area contributed by atoms with Crippen molar-refractivity contribution in [2.75, 3.05) is 0 Å². The smallest absolute Gasteiger partial charge is 0.244 e. The quantitative estimate of drug-likeness (QED) is 0.665. The molecule has 2 aliphatic heterocycles. The maximum Gasteiger partial charge on any atom is 0.244 e. The number of benzene rings is 2. The summed E-state index contributed by atoms with van der Waals surface area (Å²) in [5, 5.41) is 39.3. The standard InChI is InChI=1S/C22H13Cl2FN4O2/c1-12-21(11-28)19(29)31-22(12,14-3-5-15(23)6-4-14)30-18(20(21,9-26)10-27)13-2-7-16(24)17(25)8-13/h2-8,12,18,29H,1H3. The van der Waals surface area contributed by atoms with Gasteiger partial charge in [0, 0.05) is 10.6 Å². The van der Waals surface area contributed by atoms with Crippen molar-refractivity contribution in [2.24, 2.45) is 16.7 Å². The first-order valence-electron chi connectivity index (χ1n) is 9.13. The number of nitrogens with zero attached hydrogens (tertiary/aromatic N) is 3. The summed E-state index contributed by atoms with van der Waals surface area (Å²) in [6, 6.07) is 16.0. The van der Waals surface area contributed by atoms with E-state index in [4.69, 9.17) is 38.1 Å². The molecule has 4 atom stereocenters. The molecule has 0 spiro atoms. The van der Waals surface area contributed by atoms with E-state index in [9.17, 15) is 20.2 Å². The fraction of sp³-hybridized carbons (Fsp3) is 0.273. The molecule has 2 aromatic carbocycles. The predicted octanol–water partition coefficient (Wildman–Crippen LogP) is 5.24. The van der Waals surface area contributed by atoms with Gasteiger partial charge in [0.15, 0.2) is 5.41 Å². The highest BCUT2D eigenvalue weighted by atomic mass is 35.5. The average molecular weight is 455 g/mol. The summed E-state index contributed by atoms with van der Waals surface area (Å²) >= 11 is 11.8. The second kappa shape index (κ2) is 6.94. The Balaban J connectivity index is 2.04. The summed E-state index contributed by atoms with van der Waals surface area (Å²) in [7, 11) is 0. The van der Waals surface area contributed by atoms with Crippen molar-refractivity contribution >= 4 is 29.1 Å². The van der Waals surface area contributed by atoms with E-state index in [1.54, 1.807) is 31.2 Å². The van der Waals surface area contributed by atoms with Gasteiger partial charge in [-0.05, 0) is 29.8 Å². The van der Waals surface area contributed by atoms with Crippen molar-refractivity contribution < 1.29 is 13.9 Å². The fourth-order valence-corrected chi connectivity index (χ4v) is 4.77. The second-order valence-corrected chi connectivity index (χ2v) is 8.29. The van der Waals surface area contributed by atoms with Gasteiger partial charge in [-0.3, -0.25) is 5.41 Å². The van der Waals surface area contributed by atoms with Crippen LogP contribution in [0.3, 0.4) is 0 Å². The predicted molar refractivity (Wildman–Crippen MR) is 108 cm³/mol. The van der Waals surface area contributed by atoms with Crippen LogP contribution in [0.4, 0.5) is 4.39 Å². The van der Waals surface area contributed by atoms with E-state index < -0.39 is 40.4 Å². The first-order chi connectivity index (χ1) is 14.7. The Morgan fingerprint density at radius 1 is 1.03 bits per heavy atom. The zero-order valence-corrected chi connectivity index (χ0v) is 17.5. The normalized spacial score (nSPS) is 30.5. The lowest BCUT2D eigenvalue weighted by molar-refractivity contribution is -0.288. The van der Waals surface area contributed by atoms with Crippen molar-refractivity contribution in [3.05, 3.63) is 69.5 Å². The van der Waals surface area contributed by atoms with Crippen LogP contribution >= 0.6 is 23.2 Å². The molecule has 0 aliphatic carbocycles. The van der Waals surface area contributed by atoms with E-state index in [1.807, 2.05) is 18.2 Å². The zero-order valence-electron chi connectivity index (χ0n) is 16.0. The summed E-state index contributed by atoms with van der Waals surface area (Å²) in [6.07, 6.45) is -1.41. The number of ether oxygens (including phenoxy) is 2. The molecule has 4 unspecified atom stereocenters. The fourth-order valence-electron chi connectivity index (χ4n) is 4.53. The molecule has 1 N–H and O–H groups in total. The number of rotatable bonds is 2. The Morgan fingerprint density at radius 3 is 2.23 bits per heavy atom. The van der Waals surface area contributed by atoms with E-state index >= 15 is 0 Å². The third-order valence-electron chi connectivity index (χ3n) is 6.16. The number of nitrogens with one attached hydrogen (secondary N) is 1. The van der Waals surface area contributed by atoms with E-state index in [-0.39, 0.29) is 10.6 Å². The lowest BCUT2D eigenvalue weighted by atomic mass is 9.53. The van der Waals surface area contributed by atoms with Crippen LogP contribution in [0.25, 0.3) is 0 Å². The van der Waals surface area contributed by atoms with Gasteiger partial charge in [-0.25, -0.2) is 4.39 Å². The molecule has 0 amide bonds. The van der Waals surface area contributed by atoms with Crippen molar-refractivity contribution in [2.45, 2.75) is 18.8 Å². The Labute approximate surface area is 187 Å². The van der Waals surface area contributed by atoms with Gasteiger partial charge in [0.1, 0.15) is 11.9 Å². The van der Waals surface area contributed by atoms with Crippen molar-refractivity contribution in [3.63, 3.8) is 0 Å². The Morgan fingerprint density at radius 2 is 1.68 bits per heavy atom. The monoisotopic (exact) mass is 454 g/mol. The van der Waals surface area contributed by atoms with Crippen LogP contribution in [-0.4, -0.2) is 5.90 Å². The van der Waals surface area contributed by atoms with E-state index in [0.717, 1.165) is 6.07 Å². The molecule has 2 saturated heterocycles. The maximum absolute atomic E-state index is 14.3. The van der Waals surface area contributed by atoms with Crippen LogP contribution in [0.1, 0.15) is 24.2 Å². The summed E-state index contributed by atoms with van der Waals surface area (Å²) in [4.78, 5) is 0. The molecule has 0 aromatic heterocycles. The number of nitriles is 3. The van der Waals surface area contributed by atoms with Crippen LogP contribution in [0.15, 0.2) is 42.5 Å². The first-order valence-corrected chi connectivity index (χ1v) is 9.88. The molecule has 0 radical (unpaired) electrons. The average Bonchev–Trinajstić information content (AvgIpc) is 2.92. The van der Waals surface area contributed by atoms with Crippen LogP contribution in [0, 0.1) is 62.0 Å². The van der Waals surface area contributed by atoms with E-state index in [2.05, 4.69) is 0 Å². The Hall–Kier alpha value is -3.15. The van der Waals surface area contributed by atoms with Gasteiger partial charge in [0.05, 0.1) is 29.1 Å². The van der Waals surface area contributed by atoms with Gasteiger partial charge in [0.25, 0.3) is 0 Å². The third kappa shape index (κ3) is 2.47. The molecular formula is C22H13Cl2FN4O2. The van der Waals surface area contributed by atoms with Gasteiger partial charge in [0.2, 0.25) is 17.1 Å². The number of hydrogen-bond acceptors (Lipinski definition) is 6. The highest BCUT2D eigenvalue weighted by Gasteiger charge is 2.79. The largest absolute Gasteiger partial charge is 0.443 e. The van der Waals surface area contributed by atoms with Crippen molar-refractivity contribution in [1.29, 1.82) is 21.2 Å². The molecule has 2 fully saturated rings. The van der Waals surface area contributed by atoms with Crippen LogP contribution in [-0.2, 0) is 15.3 Å².